The van der Waals surface area contributed by atoms with E-state index in [-0.39, 0.29) is 0 Å². The van der Waals surface area contributed by atoms with Crippen LogP contribution in [0.4, 0.5) is 0 Å². The SMILES string of the molecule is CCCCN(CC(N)C1CCCCC1)C(C)CC. The van der Waals surface area contributed by atoms with Gasteiger partial charge in [0.1, 0.15) is 0 Å². The molecule has 2 atom stereocenters. The first-order chi connectivity index (χ1) is 8.69. The summed E-state index contributed by atoms with van der Waals surface area (Å²) in [7, 11) is 0. The molecular weight excluding hydrogens is 220 g/mol. The molecule has 2 unspecified atom stereocenters. The van der Waals surface area contributed by atoms with E-state index in [1.54, 1.807) is 0 Å². The highest BCUT2D eigenvalue weighted by Crippen LogP contribution is 2.26. The Labute approximate surface area is 114 Å². The van der Waals surface area contributed by atoms with Gasteiger partial charge in [0, 0.05) is 18.6 Å². The first-order valence-corrected chi connectivity index (χ1v) is 8.18. The second-order valence-electron chi connectivity index (χ2n) is 6.17. The average Bonchev–Trinajstić information content (AvgIpc) is 2.43. The van der Waals surface area contributed by atoms with Gasteiger partial charge in [-0.2, -0.15) is 0 Å². The zero-order valence-corrected chi connectivity index (χ0v) is 12.8. The number of nitrogens with two attached hydrogens (primary N) is 1. The molecule has 0 radical (unpaired) electrons. The highest BCUT2D eigenvalue weighted by atomic mass is 15.2. The molecule has 108 valence electrons. The largest absolute Gasteiger partial charge is 0.326 e. The van der Waals surface area contributed by atoms with Crippen molar-refractivity contribution in [3.63, 3.8) is 0 Å². The first kappa shape index (κ1) is 16.0. The summed E-state index contributed by atoms with van der Waals surface area (Å²) in [5, 5.41) is 0. The van der Waals surface area contributed by atoms with Gasteiger partial charge >= 0.3 is 0 Å². The monoisotopic (exact) mass is 254 g/mol. The van der Waals surface area contributed by atoms with E-state index in [9.17, 15) is 0 Å². The predicted molar refractivity (Wildman–Crippen MR) is 80.8 cm³/mol. The molecule has 18 heavy (non-hydrogen) atoms. The van der Waals surface area contributed by atoms with Crippen molar-refractivity contribution in [2.24, 2.45) is 11.7 Å². The van der Waals surface area contributed by atoms with Crippen LogP contribution in [-0.4, -0.2) is 30.1 Å². The van der Waals surface area contributed by atoms with Gasteiger partial charge in [-0.25, -0.2) is 0 Å². The number of nitrogens with zero attached hydrogens (tertiary/aromatic N) is 1. The van der Waals surface area contributed by atoms with Crippen LogP contribution in [0.5, 0.6) is 0 Å². The highest BCUT2D eigenvalue weighted by Gasteiger charge is 2.23. The van der Waals surface area contributed by atoms with Crippen LogP contribution in [0.2, 0.25) is 0 Å². The van der Waals surface area contributed by atoms with Crippen molar-refractivity contribution in [3.8, 4) is 0 Å². The van der Waals surface area contributed by atoms with E-state index in [1.807, 2.05) is 0 Å². The number of hydrogen-bond acceptors (Lipinski definition) is 2. The molecule has 2 nitrogen and oxygen atoms in total. The van der Waals surface area contributed by atoms with Crippen LogP contribution in [0.1, 0.15) is 72.1 Å². The van der Waals surface area contributed by atoms with Crippen molar-refractivity contribution in [3.05, 3.63) is 0 Å². The number of unbranched alkanes of at least 4 members (excludes halogenated alkanes) is 1. The van der Waals surface area contributed by atoms with Crippen molar-refractivity contribution in [1.82, 2.24) is 4.90 Å². The fourth-order valence-electron chi connectivity index (χ4n) is 3.09. The topological polar surface area (TPSA) is 29.3 Å². The molecule has 2 heteroatoms. The maximum atomic E-state index is 6.47. The second kappa shape index (κ2) is 8.92. The zero-order chi connectivity index (χ0) is 13.4. The van der Waals surface area contributed by atoms with E-state index in [0.717, 1.165) is 12.5 Å². The molecule has 0 aromatic heterocycles. The van der Waals surface area contributed by atoms with Crippen LogP contribution in [0, 0.1) is 5.92 Å². The summed E-state index contributed by atoms with van der Waals surface area (Å²) in [6.07, 6.45) is 10.8. The van der Waals surface area contributed by atoms with Gasteiger partial charge in [0.05, 0.1) is 0 Å². The van der Waals surface area contributed by atoms with Gasteiger partial charge in [-0.05, 0) is 45.1 Å². The summed E-state index contributed by atoms with van der Waals surface area (Å²) in [6, 6.07) is 1.09. The Balaban J connectivity index is 2.41. The minimum atomic E-state index is 0.399. The number of hydrogen-bond donors (Lipinski definition) is 1. The van der Waals surface area contributed by atoms with E-state index in [1.165, 1.54) is 57.9 Å². The van der Waals surface area contributed by atoms with Crippen LogP contribution < -0.4 is 5.73 Å². The molecule has 0 saturated heterocycles. The maximum Gasteiger partial charge on any atom is 0.0196 e. The third-order valence-electron chi connectivity index (χ3n) is 4.71. The quantitative estimate of drug-likeness (QED) is 0.714. The Hall–Kier alpha value is -0.0800. The van der Waals surface area contributed by atoms with Crippen molar-refractivity contribution >= 4 is 0 Å². The molecule has 0 aromatic rings. The summed E-state index contributed by atoms with van der Waals surface area (Å²) >= 11 is 0. The minimum absolute atomic E-state index is 0.399. The minimum Gasteiger partial charge on any atom is -0.326 e. The molecule has 0 aliphatic heterocycles. The molecule has 0 aromatic carbocycles. The van der Waals surface area contributed by atoms with Crippen LogP contribution in [0.15, 0.2) is 0 Å². The van der Waals surface area contributed by atoms with Crippen LogP contribution >= 0.6 is 0 Å². The Morgan fingerprint density at radius 2 is 1.83 bits per heavy atom. The molecule has 0 spiro atoms. The molecule has 2 N–H and O–H groups in total. The molecule has 1 aliphatic carbocycles. The molecule has 0 heterocycles. The smallest absolute Gasteiger partial charge is 0.0196 e. The molecule has 1 fully saturated rings. The van der Waals surface area contributed by atoms with E-state index in [2.05, 4.69) is 25.7 Å². The van der Waals surface area contributed by atoms with Crippen molar-refractivity contribution < 1.29 is 0 Å². The molecule has 0 amide bonds. The normalized spacial score (nSPS) is 21.2. The van der Waals surface area contributed by atoms with Gasteiger partial charge in [-0.15, -0.1) is 0 Å². The summed E-state index contributed by atoms with van der Waals surface area (Å²) in [5.41, 5.74) is 6.47. The molecule has 0 bridgehead atoms. The lowest BCUT2D eigenvalue weighted by Crippen LogP contribution is -2.46. The molecular formula is C16H34N2. The summed E-state index contributed by atoms with van der Waals surface area (Å²) in [4.78, 5) is 2.63. The highest BCUT2D eigenvalue weighted by molar-refractivity contribution is 4.81. The molecule has 1 saturated carbocycles. The third kappa shape index (κ3) is 5.27. The van der Waals surface area contributed by atoms with E-state index in [0.29, 0.717) is 12.1 Å². The van der Waals surface area contributed by atoms with Gasteiger partial charge in [0.25, 0.3) is 0 Å². The Morgan fingerprint density at radius 1 is 1.17 bits per heavy atom. The van der Waals surface area contributed by atoms with Crippen LogP contribution in [0.25, 0.3) is 0 Å². The molecule has 1 aliphatic rings. The lowest BCUT2D eigenvalue weighted by Gasteiger charge is -2.35. The lowest BCUT2D eigenvalue weighted by atomic mass is 9.84. The fourth-order valence-corrected chi connectivity index (χ4v) is 3.09. The van der Waals surface area contributed by atoms with Crippen molar-refractivity contribution in [2.45, 2.75) is 84.2 Å². The summed E-state index contributed by atoms with van der Waals surface area (Å²) in [6.45, 7) is 9.25. The van der Waals surface area contributed by atoms with E-state index >= 15 is 0 Å². The van der Waals surface area contributed by atoms with Crippen molar-refractivity contribution in [1.29, 1.82) is 0 Å². The van der Waals surface area contributed by atoms with Crippen LogP contribution in [-0.2, 0) is 0 Å². The summed E-state index contributed by atoms with van der Waals surface area (Å²) < 4.78 is 0. The van der Waals surface area contributed by atoms with Gasteiger partial charge in [0.2, 0.25) is 0 Å². The Bertz CT molecular complexity index is 199. The van der Waals surface area contributed by atoms with Gasteiger partial charge < -0.3 is 5.73 Å². The summed E-state index contributed by atoms with van der Waals surface area (Å²) in [5.74, 6) is 0.784. The second-order valence-corrected chi connectivity index (χ2v) is 6.17. The predicted octanol–water partition coefficient (Wildman–Crippen LogP) is 3.79. The van der Waals surface area contributed by atoms with E-state index < -0.39 is 0 Å². The van der Waals surface area contributed by atoms with Gasteiger partial charge in [-0.1, -0.05) is 39.5 Å². The number of rotatable bonds is 8. The third-order valence-corrected chi connectivity index (χ3v) is 4.71. The first-order valence-electron chi connectivity index (χ1n) is 8.18. The maximum absolute atomic E-state index is 6.47. The van der Waals surface area contributed by atoms with E-state index in [4.69, 9.17) is 5.73 Å². The van der Waals surface area contributed by atoms with Gasteiger partial charge in [0.15, 0.2) is 0 Å². The average molecular weight is 254 g/mol. The Kier molecular flexibility index (Phi) is 7.92. The fraction of sp³-hybridized carbons (Fsp3) is 1.00. The van der Waals surface area contributed by atoms with Gasteiger partial charge in [-0.3, -0.25) is 4.90 Å². The zero-order valence-electron chi connectivity index (χ0n) is 12.8. The van der Waals surface area contributed by atoms with Crippen molar-refractivity contribution in [2.75, 3.05) is 13.1 Å². The lowest BCUT2D eigenvalue weighted by molar-refractivity contribution is 0.160. The van der Waals surface area contributed by atoms with Crippen LogP contribution in [0.3, 0.4) is 0 Å². The standard InChI is InChI=1S/C16H34N2/c1-4-6-12-18(14(3)5-2)13-16(17)15-10-8-7-9-11-15/h14-16H,4-13,17H2,1-3H3. The Morgan fingerprint density at radius 3 is 2.39 bits per heavy atom. The molecule has 1 rings (SSSR count).